The number of carbonyl (C=O) groups excluding carboxylic acids is 1. The van der Waals surface area contributed by atoms with Gasteiger partial charge in [0.1, 0.15) is 5.75 Å². The van der Waals surface area contributed by atoms with Crippen LogP contribution in [0.5, 0.6) is 5.75 Å². The van der Waals surface area contributed by atoms with E-state index in [9.17, 15) is 4.79 Å². The summed E-state index contributed by atoms with van der Waals surface area (Å²) in [6.45, 7) is 4.40. The van der Waals surface area contributed by atoms with Gasteiger partial charge in [-0.05, 0) is 38.1 Å². The first kappa shape index (κ1) is 13.9. The zero-order valence-corrected chi connectivity index (χ0v) is 11.6. The summed E-state index contributed by atoms with van der Waals surface area (Å²) in [6.07, 6.45) is 0. The molecule has 0 saturated heterocycles. The van der Waals surface area contributed by atoms with Gasteiger partial charge in [-0.25, -0.2) is 0 Å². The summed E-state index contributed by atoms with van der Waals surface area (Å²) in [5.41, 5.74) is 8.75. The van der Waals surface area contributed by atoms with E-state index in [1.165, 1.54) is 0 Å². The second kappa shape index (κ2) is 6.10. The Balaban J connectivity index is 2.15. The number of ether oxygens (including phenoxy) is 1. The number of hydrogen-bond donors (Lipinski definition) is 2. The highest BCUT2D eigenvalue weighted by molar-refractivity contribution is 6.04. The van der Waals surface area contributed by atoms with Crippen LogP contribution in [-0.4, -0.2) is 12.5 Å². The lowest BCUT2D eigenvalue weighted by Crippen LogP contribution is -2.12. The number of rotatable bonds is 4. The Morgan fingerprint density at radius 2 is 1.90 bits per heavy atom. The Bertz CT molecular complexity index is 606. The van der Waals surface area contributed by atoms with Crippen LogP contribution in [0.1, 0.15) is 22.8 Å². The van der Waals surface area contributed by atoms with Gasteiger partial charge in [0.05, 0.1) is 12.3 Å². The van der Waals surface area contributed by atoms with Crippen molar-refractivity contribution in [2.45, 2.75) is 13.8 Å². The average molecular weight is 270 g/mol. The molecule has 4 heteroatoms. The number of nitrogen functional groups attached to an aromatic ring is 1. The van der Waals surface area contributed by atoms with Gasteiger partial charge in [0.2, 0.25) is 0 Å². The van der Waals surface area contributed by atoms with Crippen LogP contribution in [-0.2, 0) is 0 Å². The summed E-state index contributed by atoms with van der Waals surface area (Å²) >= 11 is 0. The molecule has 0 fully saturated rings. The average Bonchev–Trinajstić information content (AvgIpc) is 2.43. The van der Waals surface area contributed by atoms with Crippen LogP contribution < -0.4 is 15.8 Å². The van der Waals surface area contributed by atoms with Gasteiger partial charge in [0.25, 0.3) is 5.91 Å². The van der Waals surface area contributed by atoms with Crippen molar-refractivity contribution in [3.05, 3.63) is 53.6 Å². The van der Waals surface area contributed by atoms with E-state index < -0.39 is 0 Å². The van der Waals surface area contributed by atoms with E-state index in [-0.39, 0.29) is 5.91 Å². The van der Waals surface area contributed by atoms with E-state index in [0.717, 1.165) is 5.56 Å². The minimum atomic E-state index is -0.155. The number of benzene rings is 2. The van der Waals surface area contributed by atoms with E-state index in [1.807, 2.05) is 26.0 Å². The van der Waals surface area contributed by atoms with Crippen molar-refractivity contribution < 1.29 is 9.53 Å². The molecule has 0 aromatic heterocycles. The molecule has 0 heterocycles. The van der Waals surface area contributed by atoms with Gasteiger partial charge in [-0.2, -0.15) is 0 Å². The summed E-state index contributed by atoms with van der Waals surface area (Å²) < 4.78 is 5.40. The Labute approximate surface area is 118 Å². The number of anilines is 2. The van der Waals surface area contributed by atoms with E-state index in [4.69, 9.17) is 10.5 Å². The SMILES string of the molecule is CCOc1cc(NC(=O)c2ccc(C)cc2)ccc1N. The lowest BCUT2D eigenvalue weighted by molar-refractivity contribution is 0.102. The van der Waals surface area contributed by atoms with Crippen molar-refractivity contribution in [2.24, 2.45) is 0 Å². The largest absolute Gasteiger partial charge is 0.492 e. The van der Waals surface area contributed by atoms with Crippen molar-refractivity contribution in [2.75, 3.05) is 17.7 Å². The predicted molar refractivity (Wildman–Crippen MR) is 81.2 cm³/mol. The first-order valence-corrected chi connectivity index (χ1v) is 6.50. The molecule has 0 saturated carbocycles. The molecule has 4 nitrogen and oxygen atoms in total. The smallest absolute Gasteiger partial charge is 0.255 e. The summed E-state index contributed by atoms with van der Waals surface area (Å²) in [5.74, 6) is 0.423. The topological polar surface area (TPSA) is 64.3 Å². The number of amides is 1. The van der Waals surface area contributed by atoms with Gasteiger partial charge in [0, 0.05) is 17.3 Å². The quantitative estimate of drug-likeness (QED) is 0.838. The second-order valence-corrected chi connectivity index (χ2v) is 4.51. The van der Waals surface area contributed by atoms with E-state index >= 15 is 0 Å². The Kier molecular flexibility index (Phi) is 4.25. The monoisotopic (exact) mass is 270 g/mol. The van der Waals surface area contributed by atoms with Crippen molar-refractivity contribution in [3.8, 4) is 5.75 Å². The van der Waals surface area contributed by atoms with Crippen LogP contribution >= 0.6 is 0 Å². The maximum atomic E-state index is 12.1. The lowest BCUT2D eigenvalue weighted by atomic mass is 10.1. The molecule has 0 radical (unpaired) electrons. The van der Waals surface area contributed by atoms with Crippen molar-refractivity contribution in [1.29, 1.82) is 0 Å². The highest BCUT2D eigenvalue weighted by Crippen LogP contribution is 2.25. The summed E-state index contributed by atoms with van der Waals surface area (Å²) in [7, 11) is 0. The fraction of sp³-hybridized carbons (Fsp3) is 0.188. The number of nitrogens with two attached hydrogens (primary N) is 1. The minimum Gasteiger partial charge on any atom is -0.492 e. The Hall–Kier alpha value is -2.49. The molecule has 20 heavy (non-hydrogen) atoms. The molecule has 2 aromatic rings. The van der Waals surface area contributed by atoms with Crippen LogP contribution in [0.3, 0.4) is 0 Å². The third-order valence-corrected chi connectivity index (χ3v) is 2.89. The van der Waals surface area contributed by atoms with Gasteiger partial charge in [0.15, 0.2) is 0 Å². The zero-order valence-electron chi connectivity index (χ0n) is 11.6. The number of carbonyl (C=O) groups is 1. The van der Waals surface area contributed by atoms with Crippen LogP contribution in [0, 0.1) is 6.92 Å². The van der Waals surface area contributed by atoms with E-state index in [1.54, 1.807) is 30.3 Å². The van der Waals surface area contributed by atoms with Crippen LogP contribution in [0.4, 0.5) is 11.4 Å². The van der Waals surface area contributed by atoms with Gasteiger partial charge in [-0.3, -0.25) is 4.79 Å². The number of aryl methyl sites for hydroxylation is 1. The summed E-state index contributed by atoms with van der Waals surface area (Å²) in [6, 6.07) is 12.6. The molecular formula is C16H18N2O2. The first-order chi connectivity index (χ1) is 9.60. The van der Waals surface area contributed by atoms with Gasteiger partial charge in [-0.15, -0.1) is 0 Å². The molecule has 0 aliphatic heterocycles. The predicted octanol–water partition coefficient (Wildman–Crippen LogP) is 3.23. The molecule has 2 aromatic carbocycles. The molecular weight excluding hydrogens is 252 g/mol. The first-order valence-electron chi connectivity index (χ1n) is 6.50. The molecule has 104 valence electrons. The van der Waals surface area contributed by atoms with Crippen LogP contribution in [0.2, 0.25) is 0 Å². The number of hydrogen-bond acceptors (Lipinski definition) is 3. The highest BCUT2D eigenvalue weighted by Gasteiger charge is 2.07. The van der Waals surface area contributed by atoms with Crippen LogP contribution in [0.15, 0.2) is 42.5 Å². The molecule has 0 atom stereocenters. The highest BCUT2D eigenvalue weighted by atomic mass is 16.5. The second-order valence-electron chi connectivity index (χ2n) is 4.51. The zero-order chi connectivity index (χ0) is 14.5. The maximum absolute atomic E-state index is 12.1. The summed E-state index contributed by atoms with van der Waals surface area (Å²) in [4.78, 5) is 12.1. The van der Waals surface area contributed by atoms with E-state index in [0.29, 0.717) is 29.3 Å². The minimum absolute atomic E-state index is 0.155. The fourth-order valence-electron chi connectivity index (χ4n) is 1.80. The normalized spacial score (nSPS) is 10.1. The number of nitrogens with one attached hydrogen (secondary N) is 1. The van der Waals surface area contributed by atoms with Crippen molar-refractivity contribution >= 4 is 17.3 Å². The standard InChI is InChI=1S/C16H18N2O2/c1-3-20-15-10-13(8-9-14(15)17)18-16(19)12-6-4-11(2)5-7-12/h4-10H,3,17H2,1-2H3,(H,18,19). The van der Waals surface area contributed by atoms with Crippen LogP contribution in [0.25, 0.3) is 0 Å². The Morgan fingerprint density at radius 1 is 1.20 bits per heavy atom. The molecule has 0 spiro atoms. The molecule has 1 amide bonds. The van der Waals surface area contributed by atoms with Gasteiger partial charge in [-0.1, -0.05) is 17.7 Å². The molecule has 0 unspecified atom stereocenters. The third kappa shape index (κ3) is 3.29. The molecule has 0 aliphatic carbocycles. The lowest BCUT2D eigenvalue weighted by Gasteiger charge is -2.10. The van der Waals surface area contributed by atoms with Crippen molar-refractivity contribution in [1.82, 2.24) is 0 Å². The van der Waals surface area contributed by atoms with Gasteiger partial charge < -0.3 is 15.8 Å². The van der Waals surface area contributed by atoms with Crippen molar-refractivity contribution in [3.63, 3.8) is 0 Å². The third-order valence-electron chi connectivity index (χ3n) is 2.89. The Morgan fingerprint density at radius 3 is 2.55 bits per heavy atom. The maximum Gasteiger partial charge on any atom is 0.255 e. The fourth-order valence-corrected chi connectivity index (χ4v) is 1.80. The summed E-state index contributed by atoms with van der Waals surface area (Å²) in [5, 5.41) is 2.83. The molecule has 0 bridgehead atoms. The van der Waals surface area contributed by atoms with Gasteiger partial charge >= 0.3 is 0 Å². The molecule has 2 rings (SSSR count). The molecule has 3 N–H and O–H groups in total. The molecule has 0 aliphatic rings. The van der Waals surface area contributed by atoms with E-state index in [2.05, 4.69) is 5.32 Å².